The monoisotopic (exact) mass is 152 g/mol. The maximum absolute atomic E-state index is 3.93. The molecule has 11 heavy (non-hydrogen) atoms. The summed E-state index contributed by atoms with van der Waals surface area (Å²) in [5, 5.41) is 0. The van der Waals surface area contributed by atoms with Crippen molar-refractivity contribution in [2.45, 2.75) is 41.5 Å². The normalized spacial score (nSPS) is 14.4. The lowest BCUT2D eigenvalue weighted by Gasteiger charge is -2.22. The molecule has 0 unspecified atom stereocenters. The van der Waals surface area contributed by atoms with Crippen molar-refractivity contribution in [3.05, 3.63) is 23.3 Å². The van der Waals surface area contributed by atoms with E-state index in [0.29, 0.717) is 0 Å². The van der Waals surface area contributed by atoms with Gasteiger partial charge < -0.3 is 0 Å². The molecule has 0 radical (unpaired) electrons. The van der Waals surface area contributed by atoms with Crippen molar-refractivity contribution in [2.24, 2.45) is 5.41 Å². The van der Waals surface area contributed by atoms with E-state index < -0.39 is 0 Å². The van der Waals surface area contributed by atoms with Crippen LogP contribution in [0.25, 0.3) is 0 Å². The van der Waals surface area contributed by atoms with Gasteiger partial charge in [0.05, 0.1) is 0 Å². The molecular formula is C11H20. The second kappa shape index (κ2) is 3.25. The molecule has 0 N–H and O–H groups in total. The van der Waals surface area contributed by atoms with E-state index in [0.717, 1.165) is 0 Å². The van der Waals surface area contributed by atoms with E-state index >= 15 is 0 Å². The minimum absolute atomic E-state index is 0.281. The maximum atomic E-state index is 3.93. The van der Waals surface area contributed by atoms with Gasteiger partial charge in [0.15, 0.2) is 0 Å². The Balaban J connectivity index is 4.82. The molecule has 0 aromatic heterocycles. The Morgan fingerprint density at radius 1 is 1.00 bits per heavy atom. The van der Waals surface area contributed by atoms with Gasteiger partial charge in [-0.3, -0.25) is 0 Å². The van der Waals surface area contributed by atoms with Gasteiger partial charge in [-0.25, -0.2) is 0 Å². The first kappa shape index (κ1) is 10.5. The first-order chi connectivity index (χ1) is 4.76. The highest BCUT2D eigenvalue weighted by Gasteiger charge is 2.14. The Labute approximate surface area is 71.0 Å². The van der Waals surface area contributed by atoms with Crippen molar-refractivity contribution < 1.29 is 0 Å². The van der Waals surface area contributed by atoms with Gasteiger partial charge in [-0.15, -0.1) is 0 Å². The highest BCUT2D eigenvalue weighted by molar-refractivity contribution is 5.31. The summed E-state index contributed by atoms with van der Waals surface area (Å²) >= 11 is 0. The summed E-state index contributed by atoms with van der Waals surface area (Å²) in [5.41, 5.74) is 4.24. The number of hydrogen-bond donors (Lipinski definition) is 0. The van der Waals surface area contributed by atoms with Crippen molar-refractivity contribution in [2.75, 3.05) is 0 Å². The Morgan fingerprint density at radius 3 is 1.45 bits per heavy atom. The van der Waals surface area contributed by atoms with Crippen LogP contribution in [0.2, 0.25) is 0 Å². The van der Waals surface area contributed by atoms with E-state index in [9.17, 15) is 0 Å². The van der Waals surface area contributed by atoms with Gasteiger partial charge in [0.1, 0.15) is 0 Å². The molecule has 0 aromatic rings. The molecule has 0 amide bonds. The van der Waals surface area contributed by atoms with Crippen LogP contribution in [-0.2, 0) is 0 Å². The molecular weight excluding hydrogens is 132 g/mol. The lowest BCUT2D eigenvalue weighted by molar-refractivity contribution is 0.499. The Bertz CT molecular complexity index is 187. The second-order valence-electron chi connectivity index (χ2n) is 4.28. The molecule has 0 heteroatoms. The van der Waals surface area contributed by atoms with Gasteiger partial charge in [-0.2, -0.15) is 0 Å². The maximum Gasteiger partial charge on any atom is -0.0170 e. The van der Waals surface area contributed by atoms with Crippen molar-refractivity contribution in [1.82, 2.24) is 0 Å². The van der Waals surface area contributed by atoms with E-state index in [1.807, 2.05) is 0 Å². The third-order valence-electron chi connectivity index (χ3n) is 2.33. The van der Waals surface area contributed by atoms with Gasteiger partial charge >= 0.3 is 0 Å². The molecule has 0 bridgehead atoms. The zero-order valence-electron chi connectivity index (χ0n) is 8.71. The van der Waals surface area contributed by atoms with E-state index in [1.165, 1.54) is 16.7 Å². The highest BCUT2D eigenvalue weighted by atomic mass is 14.2. The molecule has 0 aliphatic carbocycles. The average molecular weight is 152 g/mol. The zero-order valence-corrected chi connectivity index (χ0v) is 8.71. The quantitative estimate of drug-likeness (QED) is 0.499. The summed E-state index contributed by atoms with van der Waals surface area (Å²) < 4.78 is 0. The fraction of sp³-hybridized carbons (Fsp3) is 0.636. The third-order valence-corrected chi connectivity index (χ3v) is 2.33. The number of allylic oxidation sites excluding steroid dienone is 3. The molecule has 0 spiro atoms. The van der Waals surface area contributed by atoms with Crippen LogP contribution < -0.4 is 0 Å². The summed E-state index contributed by atoms with van der Waals surface area (Å²) in [4.78, 5) is 0. The van der Waals surface area contributed by atoms with Crippen LogP contribution in [0.15, 0.2) is 23.3 Å². The molecule has 0 saturated heterocycles. The summed E-state index contributed by atoms with van der Waals surface area (Å²) in [6.45, 7) is 17.0. The minimum Gasteiger partial charge on any atom is -0.0959 e. The lowest BCUT2D eigenvalue weighted by atomic mass is 9.83. The fourth-order valence-electron chi connectivity index (χ4n) is 0.883. The van der Waals surface area contributed by atoms with E-state index in [1.54, 1.807) is 0 Å². The molecule has 0 heterocycles. The highest BCUT2D eigenvalue weighted by Crippen LogP contribution is 2.29. The van der Waals surface area contributed by atoms with Crippen molar-refractivity contribution in [3.63, 3.8) is 0 Å². The predicted octanol–water partition coefficient (Wildman–Crippen LogP) is 3.95. The topological polar surface area (TPSA) is 0 Å². The summed E-state index contributed by atoms with van der Waals surface area (Å²) in [7, 11) is 0. The predicted molar refractivity (Wildman–Crippen MR) is 52.6 cm³/mol. The van der Waals surface area contributed by atoms with E-state index in [4.69, 9.17) is 0 Å². The van der Waals surface area contributed by atoms with Crippen LogP contribution in [-0.4, -0.2) is 0 Å². The Hall–Kier alpha value is -0.520. The SMILES string of the molecule is C=C(C)/C(C)=C(/C)C(C)(C)C. The molecule has 64 valence electrons. The van der Waals surface area contributed by atoms with Crippen LogP contribution in [0.4, 0.5) is 0 Å². The first-order valence-electron chi connectivity index (χ1n) is 4.10. The van der Waals surface area contributed by atoms with Crippen molar-refractivity contribution in [1.29, 1.82) is 0 Å². The molecule has 0 aromatic carbocycles. The molecule has 0 atom stereocenters. The fourth-order valence-corrected chi connectivity index (χ4v) is 0.883. The van der Waals surface area contributed by atoms with Crippen molar-refractivity contribution in [3.8, 4) is 0 Å². The molecule has 0 aliphatic rings. The Morgan fingerprint density at radius 2 is 1.36 bits per heavy atom. The smallest absolute Gasteiger partial charge is 0.0170 e. The molecule has 0 fully saturated rings. The number of rotatable bonds is 1. The Kier molecular flexibility index (Phi) is 3.10. The molecule has 0 rings (SSSR count). The van der Waals surface area contributed by atoms with Crippen LogP contribution in [0.3, 0.4) is 0 Å². The largest absolute Gasteiger partial charge is 0.0959 e. The molecule has 0 aliphatic heterocycles. The van der Waals surface area contributed by atoms with Gasteiger partial charge in [-0.1, -0.05) is 38.5 Å². The van der Waals surface area contributed by atoms with E-state index in [-0.39, 0.29) is 5.41 Å². The van der Waals surface area contributed by atoms with Gasteiger partial charge in [0.25, 0.3) is 0 Å². The van der Waals surface area contributed by atoms with Gasteiger partial charge in [0, 0.05) is 0 Å². The summed E-state index contributed by atoms with van der Waals surface area (Å²) in [5.74, 6) is 0. The first-order valence-corrected chi connectivity index (χ1v) is 4.10. The minimum atomic E-state index is 0.281. The van der Waals surface area contributed by atoms with Gasteiger partial charge in [0.2, 0.25) is 0 Å². The third kappa shape index (κ3) is 2.92. The van der Waals surface area contributed by atoms with Crippen LogP contribution in [0.5, 0.6) is 0 Å². The summed E-state index contributed by atoms with van der Waals surface area (Å²) in [6.07, 6.45) is 0. The van der Waals surface area contributed by atoms with Crippen LogP contribution in [0, 0.1) is 5.41 Å². The zero-order chi connectivity index (χ0) is 9.23. The van der Waals surface area contributed by atoms with Crippen molar-refractivity contribution >= 4 is 0 Å². The average Bonchev–Trinajstić information content (AvgIpc) is 1.82. The molecule has 0 saturated carbocycles. The van der Waals surface area contributed by atoms with Gasteiger partial charge in [-0.05, 0) is 31.8 Å². The van der Waals surface area contributed by atoms with E-state index in [2.05, 4.69) is 48.1 Å². The summed E-state index contributed by atoms with van der Waals surface area (Å²) in [6, 6.07) is 0. The standard InChI is InChI=1S/C11H20/c1-8(2)9(3)10(4)11(5,6)7/h1H2,2-7H3/b10-9-. The van der Waals surface area contributed by atoms with Crippen LogP contribution in [0.1, 0.15) is 41.5 Å². The molecule has 0 nitrogen and oxygen atoms in total. The number of hydrogen-bond acceptors (Lipinski definition) is 0. The van der Waals surface area contributed by atoms with Crippen LogP contribution >= 0.6 is 0 Å². The second-order valence-corrected chi connectivity index (χ2v) is 4.28. The lowest BCUT2D eigenvalue weighted by Crippen LogP contribution is -2.08.